The fraction of sp³-hybridized carbons (Fsp3) is 0.636. The summed E-state index contributed by atoms with van der Waals surface area (Å²) in [4.78, 5) is 8.22. The Morgan fingerprint density at radius 3 is 2.69 bits per heavy atom. The smallest absolute Gasteiger partial charge is 0.134 e. The first-order chi connectivity index (χ1) is 7.43. The molecule has 1 aromatic heterocycles. The molecule has 5 heteroatoms. The molecule has 4 nitrogen and oxygen atoms in total. The highest BCUT2D eigenvalue weighted by atomic mass is 35.5. The van der Waals surface area contributed by atoms with Crippen molar-refractivity contribution in [3.8, 4) is 0 Å². The molecule has 0 aliphatic carbocycles. The van der Waals surface area contributed by atoms with Crippen LogP contribution in [0.15, 0.2) is 6.07 Å². The van der Waals surface area contributed by atoms with Gasteiger partial charge in [-0.3, -0.25) is 0 Å². The molecule has 2 N–H and O–H groups in total. The van der Waals surface area contributed by atoms with E-state index in [1.807, 2.05) is 0 Å². The molecule has 0 unspecified atom stereocenters. The van der Waals surface area contributed by atoms with E-state index in [1.54, 1.807) is 13.0 Å². The number of aromatic nitrogens is 2. The van der Waals surface area contributed by atoms with Crippen molar-refractivity contribution in [1.29, 1.82) is 0 Å². The number of anilines is 1. The summed E-state index contributed by atoms with van der Waals surface area (Å²) in [6.07, 6.45) is 0.748. The number of halogens is 1. The fourth-order valence-electron chi connectivity index (χ4n) is 1.34. The van der Waals surface area contributed by atoms with Crippen molar-refractivity contribution in [2.75, 3.05) is 18.5 Å². The molecule has 0 aromatic carbocycles. The van der Waals surface area contributed by atoms with Crippen LogP contribution in [0.5, 0.6) is 0 Å². The summed E-state index contributed by atoms with van der Waals surface area (Å²) in [6.45, 7) is 6.91. The van der Waals surface area contributed by atoms with Gasteiger partial charge in [-0.15, -0.1) is 0 Å². The van der Waals surface area contributed by atoms with E-state index in [0.29, 0.717) is 11.0 Å². The van der Waals surface area contributed by atoms with E-state index in [2.05, 4.69) is 29.1 Å². The number of rotatable bonds is 5. The molecular weight excluding hydrogens is 226 g/mol. The summed E-state index contributed by atoms with van der Waals surface area (Å²) in [5, 5.41) is 12.6. The second-order valence-corrected chi connectivity index (χ2v) is 5.00. The topological polar surface area (TPSA) is 58.0 Å². The highest BCUT2D eigenvalue weighted by Gasteiger charge is 2.17. The molecule has 1 aromatic rings. The van der Waals surface area contributed by atoms with Gasteiger partial charge in [-0.1, -0.05) is 25.4 Å². The van der Waals surface area contributed by atoms with Crippen molar-refractivity contribution < 1.29 is 5.11 Å². The SMILES string of the molecule is Cc1nc(Cl)cc(NCC(C)(C)CCO)n1. The van der Waals surface area contributed by atoms with Crippen LogP contribution in [0.4, 0.5) is 5.82 Å². The Labute approximate surface area is 101 Å². The molecule has 16 heavy (non-hydrogen) atoms. The van der Waals surface area contributed by atoms with Crippen LogP contribution in [0, 0.1) is 12.3 Å². The second-order valence-electron chi connectivity index (χ2n) is 4.61. The van der Waals surface area contributed by atoms with Crippen LogP contribution in [0.2, 0.25) is 5.15 Å². The van der Waals surface area contributed by atoms with Crippen LogP contribution in [-0.4, -0.2) is 28.2 Å². The number of nitrogens with one attached hydrogen (secondary N) is 1. The number of nitrogens with zero attached hydrogens (tertiary/aromatic N) is 2. The zero-order valence-corrected chi connectivity index (χ0v) is 10.7. The lowest BCUT2D eigenvalue weighted by atomic mass is 9.90. The number of hydrogen-bond donors (Lipinski definition) is 2. The Bertz CT molecular complexity index is 335. The normalized spacial score (nSPS) is 11.6. The first kappa shape index (κ1) is 13.2. The number of hydrogen-bond acceptors (Lipinski definition) is 4. The maximum Gasteiger partial charge on any atom is 0.134 e. The van der Waals surface area contributed by atoms with Gasteiger partial charge in [0.25, 0.3) is 0 Å². The summed E-state index contributed by atoms with van der Waals surface area (Å²) >= 11 is 5.83. The van der Waals surface area contributed by atoms with Crippen molar-refractivity contribution in [3.05, 3.63) is 17.0 Å². The Morgan fingerprint density at radius 2 is 2.12 bits per heavy atom. The average Bonchev–Trinajstić information content (AvgIpc) is 2.13. The summed E-state index contributed by atoms with van der Waals surface area (Å²) in [6, 6.07) is 1.70. The minimum atomic E-state index is 0.0279. The van der Waals surface area contributed by atoms with Crippen LogP contribution in [0.25, 0.3) is 0 Å². The third-order valence-electron chi connectivity index (χ3n) is 2.34. The molecule has 0 bridgehead atoms. The van der Waals surface area contributed by atoms with Crippen LogP contribution < -0.4 is 5.32 Å². The zero-order chi connectivity index (χ0) is 12.2. The Hall–Kier alpha value is -0.870. The van der Waals surface area contributed by atoms with Gasteiger partial charge < -0.3 is 10.4 Å². The van der Waals surface area contributed by atoms with Gasteiger partial charge in [0.15, 0.2) is 0 Å². The van der Waals surface area contributed by atoms with E-state index >= 15 is 0 Å². The molecule has 0 radical (unpaired) electrons. The number of aryl methyl sites for hydroxylation is 1. The minimum Gasteiger partial charge on any atom is -0.396 e. The third-order valence-corrected chi connectivity index (χ3v) is 2.54. The van der Waals surface area contributed by atoms with E-state index in [0.717, 1.165) is 18.8 Å². The number of aliphatic hydroxyl groups is 1. The van der Waals surface area contributed by atoms with E-state index < -0.39 is 0 Å². The van der Waals surface area contributed by atoms with Crippen molar-refractivity contribution in [1.82, 2.24) is 9.97 Å². The average molecular weight is 244 g/mol. The van der Waals surface area contributed by atoms with E-state index in [4.69, 9.17) is 16.7 Å². The molecule has 0 aliphatic rings. The maximum absolute atomic E-state index is 8.91. The predicted molar refractivity (Wildman–Crippen MR) is 65.8 cm³/mol. The quantitative estimate of drug-likeness (QED) is 0.779. The van der Waals surface area contributed by atoms with Gasteiger partial charge >= 0.3 is 0 Å². The fourth-order valence-corrected chi connectivity index (χ4v) is 1.57. The molecule has 1 heterocycles. The molecule has 0 saturated heterocycles. The third kappa shape index (κ3) is 4.33. The summed E-state index contributed by atoms with van der Waals surface area (Å²) < 4.78 is 0. The van der Waals surface area contributed by atoms with Crippen molar-refractivity contribution in [2.24, 2.45) is 5.41 Å². The monoisotopic (exact) mass is 243 g/mol. The maximum atomic E-state index is 8.91. The molecule has 0 saturated carbocycles. The van der Waals surface area contributed by atoms with E-state index in [-0.39, 0.29) is 12.0 Å². The number of aliphatic hydroxyl groups excluding tert-OH is 1. The zero-order valence-electron chi connectivity index (χ0n) is 9.92. The summed E-state index contributed by atoms with van der Waals surface area (Å²) in [5.41, 5.74) is 0.0279. The Balaban J connectivity index is 2.60. The van der Waals surface area contributed by atoms with Gasteiger partial charge in [-0.05, 0) is 18.8 Å². The molecule has 90 valence electrons. The highest BCUT2D eigenvalue weighted by Crippen LogP contribution is 2.20. The molecule has 0 fully saturated rings. The van der Waals surface area contributed by atoms with Gasteiger partial charge in [0.1, 0.15) is 16.8 Å². The van der Waals surface area contributed by atoms with Gasteiger partial charge in [-0.2, -0.15) is 0 Å². The lowest BCUT2D eigenvalue weighted by molar-refractivity contribution is 0.220. The lowest BCUT2D eigenvalue weighted by Gasteiger charge is -2.24. The van der Waals surface area contributed by atoms with Crippen molar-refractivity contribution in [2.45, 2.75) is 27.2 Å². The van der Waals surface area contributed by atoms with Crippen LogP contribution in [0.3, 0.4) is 0 Å². The first-order valence-corrected chi connectivity index (χ1v) is 5.67. The highest BCUT2D eigenvalue weighted by molar-refractivity contribution is 6.29. The van der Waals surface area contributed by atoms with Crippen molar-refractivity contribution >= 4 is 17.4 Å². The van der Waals surface area contributed by atoms with Crippen LogP contribution in [-0.2, 0) is 0 Å². The molecule has 0 atom stereocenters. The minimum absolute atomic E-state index is 0.0279. The van der Waals surface area contributed by atoms with Crippen molar-refractivity contribution in [3.63, 3.8) is 0 Å². The molecule has 0 amide bonds. The van der Waals surface area contributed by atoms with Crippen LogP contribution in [0.1, 0.15) is 26.1 Å². The van der Waals surface area contributed by atoms with E-state index in [9.17, 15) is 0 Å². The summed E-state index contributed by atoms with van der Waals surface area (Å²) in [7, 11) is 0. The largest absolute Gasteiger partial charge is 0.396 e. The van der Waals surface area contributed by atoms with Gasteiger partial charge in [-0.25, -0.2) is 9.97 Å². The molecular formula is C11H18ClN3O. The molecule has 0 aliphatic heterocycles. The van der Waals surface area contributed by atoms with Gasteiger partial charge in [0.2, 0.25) is 0 Å². The Morgan fingerprint density at radius 1 is 1.44 bits per heavy atom. The Kier molecular flexibility index (Phi) is 4.50. The van der Waals surface area contributed by atoms with Gasteiger partial charge in [0, 0.05) is 19.2 Å². The standard InChI is InChI=1S/C11H18ClN3O/c1-8-14-9(12)6-10(15-8)13-7-11(2,3)4-5-16/h6,16H,4-5,7H2,1-3H3,(H,13,14,15). The summed E-state index contributed by atoms with van der Waals surface area (Å²) in [5.74, 6) is 1.37. The van der Waals surface area contributed by atoms with Crippen LogP contribution >= 0.6 is 11.6 Å². The lowest BCUT2D eigenvalue weighted by Crippen LogP contribution is -2.24. The molecule has 1 rings (SSSR count). The van der Waals surface area contributed by atoms with E-state index in [1.165, 1.54) is 0 Å². The molecule has 0 spiro atoms. The predicted octanol–water partition coefficient (Wildman–Crippen LogP) is 2.26. The second kappa shape index (κ2) is 5.46. The van der Waals surface area contributed by atoms with Gasteiger partial charge in [0.05, 0.1) is 0 Å². The first-order valence-electron chi connectivity index (χ1n) is 5.29.